The first-order valence-corrected chi connectivity index (χ1v) is 7.09. The van der Waals surface area contributed by atoms with Crippen LogP contribution in [0.5, 0.6) is 0 Å². The molecule has 2 heterocycles. The lowest BCUT2D eigenvalue weighted by atomic mass is 10.2. The number of aromatic nitrogens is 2. The summed E-state index contributed by atoms with van der Waals surface area (Å²) in [4.78, 5) is 4.42. The Morgan fingerprint density at radius 3 is 2.95 bits per heavy atom. The van der Waals surface area contributed by atoms with Gasteiger partial charge in [-0.3, -0.25) is 0 Å². The molecule has 0 aliphatic heterocycles. The molecule has 0 saturated heterocycles. The molecule has 0 atom stereocenters. The normalized spacial score (nSPS) is 11.2. The monoisotopic (exact) mass is 303 g/mol. The lowest BCUT2D eigenvalue weighted by Gasteiger charge is -2.06. The van der Waals surface area contributed by atoms with Crippen LogP contribution in [-0.4, -0.2) is 9.38 Å². The Bertz CT molecular complexity index is 782. The molecule has 2 aromatic heterocycles. The van der Waals surface area contributed by atoms with Crippen molar-refractivity contribution in [1.82, 2.24) is 14.7 Å². The Morgan fingerprint density at radius 1 is 1.29 bits per heavy atom. The van der Waals surface area contributed by atoms with Crippen LogP contribution in [0.25, 0.3) is 5.65 Å². The number of nitrogens with zero attached hydrogens (tertiary/aromatic N) is 2. The average molecular weight is 304 g/mol. The van der Waals surface area contributed by atoms with Gasteiger partial charge < -0.3 is 9.72 Å². The van der Waals surface area contributed by atoms with Crippen molar-refractivity contribution in [3.05, 3.63) is 70.4 Å². The van der Waals surface area contributed by atoms with Gasteiger partial charge in [0.1, 0.15) is 11.5 Å². The van der Waals surface area contributed by atoms with E-state index in [9.17, 15) is 4.39 Å². The zero-order valence-corrected chi connectivity index (χ0v) is 12.4. The van der Waals surface area contributed by atoms with E-state index in [1.54, 1.807) is 12.1 Å². The minimum Gasteiger partial charge on any atom is -0.307 e. The number of fused-ring (bicyclic) bond motifs is 1. The highest BCUT2D eigenvalue weighted by molar-refractivity contribution is 6.30. The summed E-state index contributed by atoms with van der Waals surface area (Å²) in [5.74, 6) is -0.391. The second kappa shape index (κ2) is 5.84. The molecule has 1 N–H and O–H groups in total. The lowest BCUT2D eigenvalue weighted by molar-refractivity contribution is 0.624. The number of imidazole rings is 1. The van der Waals surface area contributed by atoms with Crippen LogP contribution in [0.15, 0.2) is 42.7 Å². The fourth-order valence-corrected chi connectivity index (χ4v) is 2.52. The maximum atomic E-state index is 13.1. The standard InChI is InChI=1S/C16H15ClFN3/c1-11-3-2-6-21-13(10-20-16(11)21)9-19-8-12-4-5-15(18)14(17)7-12/h2-7,10,19H,8-9H2,1H3. The molecule has 0 amide bonds. The Kier molecular flexibility index (Phi) is 3.90. The Hall–Kier alpha value is -1.91. The topological polar surface area (TPSA) is 29.3 Å². The number of pyridine rings is 1. The third-order valence-corrected chi connectivity index (χ3v) is 3.72. The highest BCUT2D eigenvalue weighted by Crippen LogP contribution is 2.16. The van der Waals surface area contributed by atoms with Crippen LogP contribution in [0.1, 0.15) is 16.8 Å². The fourth-order valence-electron chi connectivity index (χ4n) is 2.32. The van der Waals surface area contributed by atoms with E-state index >= 15 is 0 Å². The van der Waals surface area contributed by atoms with Crippen molar-refractivity contribution in [3.8, 4) is 0 Å². The van der Waals surface area contributed by atoms with Gasteiger partial charge in [-0.05, 0) is 36.2 Å². The first-order chi connectivity index (χ1) is 10.1. The minimum atomic E-state index is -0.391. The molecule has 0 spiro atoms. The van der Waals surface area contributed by atoms with Crippen molar-refractivity contribution >= 4 is 17.2 Å². The van der Waals surface area contributed by atoms with E-state index in [0.29, 0.717) is 13.1 Å². The van der Waals surface area contributed by atoms with Crippen LogP contribution in [0.4, 0.5) is 4.39 Å². The summed E-state index contributed by atoms with van der Waals surface area (Å²) in [5.41, 5.74) is 4.15. The molecule has 0 fully saturated rings. The minimum absolute atomic E-state index is 0.153. The maximum Gasteiger partial charge on any atom is 0.141 e. The van der Waals surface area contributed by atoms with Crippen molar-refractivity contribution in [3.63, 3.8) is 0 Å². The third kappa shape index (κ3) is 2.91. The largest absolute Gasteiger partial charge is 0.307 e. The third-order valence-electron chi connectivity index (χ3n) is 3.43. The first kappa shape index (κ1) is 14.0. The van der Waals surface area contributed by atoms with E-state index in [1.165, 1.54) is 6.07 Å². The second-order valence-corrected chi connectivity index (χ2v) is 5.39. The molecule has 0 unspecified atom stereocenters. The van der Waals surface area contributed by atoms with Crippen LogP contribution < -0.4 is 5.32 Å². The van der Waals surface area contributed by atoms with E-state index in [1.807, 2.05) is 31.5 Å². The smallest absolute Gasteiger partial charge is 0.141 e. The molecule has 1 aromatic carbocycles. The van der Waals surface area contributed by atoms with Crippen molar-refractivity contribution in [1.29, 1.82) is 0 Å². The fraction of sp³-hybridized carbons (Fsp3) is 0.188. The molecule has 3 nitrogen and oxygen atoms in total. The molecule has 0 saturated carbocycles. The van der Waals surface area contributed by atoms with Crippen LogP contribution in [0, 0.1) is 12.7 Å². The Morgan fingerprint density at radius 2 is 2.14 bits per heavy atom. The lowest BCUT2D eigenvalue weighted by Crippen LogP contribution is -2.14. The van der Waals surface area contributed by atoms with Crippen LogP contribution in [-0.2, 0) is 13.1 Å². The van der Waals surface area contributed by atoms with Gasteiger partial charge in [-0.1, -0.05) is 23.7 Å². The molecular formula is C16H15ClFN3. The summed E-state index contributed by atoms with van der Waals surface area (Å²) in [6.45, 7) is 3.35. The van der Waals surface area contributed by atoms with Crippen molar-refractivity contribution in [2.24, 2.45) is 0 Å². The number of benzene rings is 1. The van der Waals surface area contributed by atoms with E-state index in [0.717, 1.165) is 22.5 Å². The number of hydrogen-bond donors (Lipinski definition) is 1. The summed E-state index contributed by atoms with van der Waals surface area (Å²) in [7, 11) is 0. The summed E-state index contributed by atoms with van der Waals surface area (Å²) in [6, 6.07) is 8.81. The number of hydrogen-bond acceptors (Lipinski definition) is 2. The summed E-state index contributed by atoms with van der Waals surface area (Å²) in [6.07, 6.45) is 3.87. The summed E-state index contributed by atoms with van der Waals surface area (Å²) >= 11 is 5.77. The number of rotatable bonds is 4. The van der Waals surface area contributed by atoms with Gasteiger partial charge in [-0.2, -0.15) is 0 Å². The van der Waals surface area contributed by atoms with Gasteiger partial charge in [-0.25, -0.2) is 9.37 Å². The van der Waals surface area contributed by atoms with Crippen LogP contribution >= 0.6 is 11.6 Å². The van der Waals surface area contributed by atoms with E-state index in [-0.39, 0.29) is 5.02 Å². The zero-order chi connectivity index (χ0) is 14.8. The molecule has 0 bridgehead atoms. The average Bonchev–Trinajstić information content (AvgIpc) is 2.88. The van der Waals surface area contributed by atoms with Crippen LogP contribution in [0.2, 0.25) is 5.02 Å². The van der Waals surface area contributed by atoms with Gasteiger partial charge in [0.15, 0.2) is 0 Å². The predicted octanol–water partition coefficient (Wildman–Crippen LogP) is 3.73. The van der Waals surface area contributed by atoms with Gasteiger partial charge in [0.25, 0.3) is 0 Å². The molecular weight excluding hydrogens is 289 g/mol. The van der Waals surface area contributed by atoms with Gasteiger partial charge in [0.05, 0.1) is 16.9 Å². The molecule has 0 aliphatic carbocycles. The maximum absolute atomic E-state index is 13.1. The highest BCUT2D eigenvalue weighted by Gasteiger charge is 2.05. The SMILES string of the molecule is Cc1cccn2c(CNCc3ccc(F)c(Cl)c3)cnc12. The quantitative estimate of drug-likeness (QED) is 0.796. The molecule has 3 aromatic rings. The molecule has 3 rings (SSSR count). The second-order valence-electron chi connectivity index (χ2n) is 4.99. The zero-order valence-electron chi connectivity index (χ0n) is 11.6. The number of nitrogens with one attached hydrogen (secondary N) is 1. The molecule has 108 valence electrons. The van der Waals surface area contributed by atoms with Gasteiger partial charge in [-0.15, -0.1) is 0 Å². The molecule has 21 heavy (non-hydrogen) atoms. The number of aryl methyl sites for hydroxylation is 1. The van der Waals surface area contributed by atoms with Gasteiger partial charge in [0, 0.05) is 19.3 Å². The van der Waals surface area contributed by atoms with E-state index in [4.69, 9.17) is 11.6 Å². The van der Waals surface area contributed by atoms with Crippen molar-refractivity contribution < 1.29 is 4.39 Å². The highest BCUT2D eigenvalue weighted by atomic mass is 35.5. The predicted molar refractivity (Wildman–Crippen MR) is 81.9 cm³/mol. The molecule has 0 aliphatic rings. The molecule has 0 radical (unpaired) electrons. The van der Waals surface area contributed by atoms with Gasteiger partial charge in [0.2, 0.25) is 0 Å². The summed E-state index contributed by atoms with van der Waals surface area (Å²) < 4.78 is 15.2. The van der Waals surface area contributed by atoms with E-state index in [2.05, 4.69) is 14.7 Å². The van der Waals surface area contributed by atoms with E-state index < -0.39 is 5.82 Å². The van der Waals surface area contributed by atoms with Gasteiger partial charge >= 0.3 is 0 Å². The van der Waals surface area contributed by atoms with Crippen LogP contribution in [0.3, 0.4) is 0 Å². The summed E-state index contributed by atoms with van der Waals surface area (Å²) in [5, 5.41) is 3.47. The van der Waals surface area contributed by atoms with Crippen molar-refractivity contribution in [2.75, 3.05) is 0 Å². The molecule has 5 heteroatoms. The first-order valence-electron chi connectivity index (χ1n) is 6.71. The number of halogens is 2. The van der Waals surface area contributed by atoms with Crippen molar-refractivity contribution in [2.45, 2.75) is 20.0 Å². The Labute approximate surface area is 127 Å². The Balaban J connectivity index is 1.69.